The van der Waals surface area contributed by atoms with Gasteiger partial charge in [-0.15, -0.1) is 0 Å². The van der Waals surface area contributed by atoms with E-state index >= 15 is 0 Å². The van der Waals surface area contributed by atoms with Crippen LogP contribution in [0.25, 0.3) is 0 Å². The van der Waals surface area contributed by atoms with E-state index in [-0.39, 0.29) is 51.1 Å². The predicted molar refractivity (Wildman–Crippen MR) is 157 cm³/mol. The molecule has 2 fully saturated rings. The Labute approximate surface area is 262 Å². The number of carbonyl (C=O) groups is 2. The number of carbonyl (C=O) groups excluding carboxylic acids is 2. The maximum atomic E-state index is 13.7. The fourth-order valence-corrected chi connectivity index (χ4v) is 5.84. The first kappa shape index (κ1) is 33.3. The highest BCUT2D eigenvalue weighted by atomic mass is 19.4. The molecule has 246 valence electrons. The number of esters is 1. The Hall–Kier alpha value is -4.06. The smallest absolute Gasteiger partial charge is 0.416 e. The first-order valence-corrected chi connectivity index (χ1v) is 15.1. The molecule has 0 N–H and O–H groups in total. The lowest BCUT2D eigenvalue weighted by Gasteiger charge is -2.38. The van der Waals surface area contributed by atoms with Crippen LogP contribution in [0.15, 0.2) is 72.8 Å². The summed E-state index contributed by atoms with van der Waals surface area (Å²) in [5.74, 6) is 0.201. The normalized spacial score (nSPS) is 17.3. The molecule has 0 aromatic heterocycles. The SMILES string of the molecule is CC(c1cc(C(F)(F)F)ccc1C(F)(F)F)N1CCN(C(=O)Oc2cccc([C@@H](CC(=O)OCc3ccccc3)C3CC3)c2)CC1. The van der Waals surface area contributed by atoms with Gasteiger partial charge in [0.2, 0.25) is 0 Å². The molecular weight excluding hydrogens is 614 g/mol. The molecule has 0 spiro atoms. The average Bonchev–Trinajstić information content (AvgIpc) is 3.87. The fraction of sp³-hybridized carbons (Fsp3) is 0.412. The number of ether oxygens (including phenoxy) is 2. The van der Waals surface area contributed by atoms with Gasteiger partial charge < -0.3 is 14.4 Å². The highest BCUT2D eigenvalue weighted by molar-refractivity contribution is 5.72. The minimum Gasteiger partial charge on any atom is -0.461 e. The van der Waals surface area contributed by atoms with E-state index in [0.29, 0.717) is 29.9 Å². The van der Waals surface area contributed by atoms with Gasteiger partial charge in [0.15, 0.2) is 0 Å². The molecule has 2 atom stereocenters. The van der Waals surface area contributed by atoms with Gasteiger partial charge in [-0.3, -0.25) is 9.69 Å². The van der Waals surface area contributed by atoms with Gasteiger partial charge in [0.1, 0.15) is 12.4 Å². The van der Waals surface area contributed by atoms with Crippen molar-refractivity contribution in [3.05, 3.63) is 101 Å². The van der Waals surface area contributed by atoms with Crippen molar-refractivity contribution < 1.29 is 45.4 Å². The standard InChI is InChI=1S/C34H34F6N2O4/c1-22(28-19-26(33(35,36)37)12-13-30(28)34(38,39)40)41-14-16-42(17-15-41)32(44)46-27-9-5-8-25(18-27)29(24-10-11-24)20-31(43)45-21-23-6-3-2-4-7-23/h2-9,12-13,18-19,22,24,29H,10-11,14-17,20-21H2,1H3/t22?,29-/m0/s1. The van der Waals surface area contributed by atoms with Crippen molar-refractivity contribution in [2.45, 2.75) is 57.1 Å². The van der Waals surface area contributed by atoms with Crippen molar-refractivity contribution >= 4 is 12.1 Å². The number of benzene rings is 3. The summed E-state index contributed by atoms with van der Waals surface area (Å²) in [5.41, 5.74) is -0.998. The van der Waals surface area contributed by atoms with Gasteiger partial charge in [-0.05, 0) is 78.6 Å². The molecule has 1 aliphatic carbocycles. The quantitative estimate of drug-likeness (QED) is 0.173. The van der Waals surface area contributed by atoms with E-state index in [2.05, 4.69) is 0 Å². The van der Waals surface area contributed by atoms with Crippen molar-refractivity contribution in [3.63, 3.8) is 0 Å². The number of rotatable bonds is 9. The molecule has 1 unspecified atom stereocenters. The van der Waals surface area contributed by atoms with Crippen LogP contribution in [0.1, 0.15) is 66.0 Å². The second kappa shape index (κ2) is 13.7. The van der Waals surface area contributed by atoms with Crippen molar-refractivity contribution in [1.82, 2.24) is 9.80 Å². The van der Waals surface area contributed by atoms with Crippen molar-refractivity contribution in [1.29, 1.82) is 0 Å². The number of amides is 1. The summed E-state index contributed by atoms with van der Waals surface area (Å²) in [6.07, 6.45) is -8.11. The predicted octanol–water partition coefficient (Wildman–Crippen LogP) is 8.23. The summed E-state index contributed by atoms with van der Waals surface area (Å²) in [7, 11) is 0. The van der Waals surface area contributed by atoms with E-state index in [1.165, 1.54) is 11.8 Å². The lowest BCUT2D eigenvalue weighted by atomic mass is 9.91. The van der Waals surface area contributed by atoms with Gasteiger partial charge in [0, 0.05) is 32.2 Å². The Morgan fingerprint density at radius 2 is 1.54 bits per heavy atom. The Morgan fingerprint density at radius 1 is 0.848 bits per heavy atom. The first-order valence-electron chi connectivity index (χ1n) is 15.1. The molecule has 12 heteroatoms. The van der Waals surface area contributed by atoms with Crippen LogP contribution in [0.4, 0.5) is 31.1 Å². The Bertz CT molecular complexity index is 1520. The van der Waals surface area contributed by atoms with Crippen LogP contribution < -0.4 is 4.74 Å². The molecule has 5 rings (SSSR count). The summed E-state index contributed by atoms with van der Waals surface area (Å²) < 4.78 is 92.1. The van der Waals surface area contributed by atoms with E-state index in [4.69, 9.17) is 9.47 Å². The minimum absolute atomic E-state index is 0.0932. The first-order chi connectivity index (χ1) is 21.8. The van der Waals surface area contributed by atoms with Crippen LogP contribution in [-0.4, -0.2) is 48.0 Å². The molecule has 46 heavy (non-hydrogen) atoms. The van der Waals surface area contributed by atoms with E-state index in [9.17, 15) is 35.9 Å². The minimum atomic E-state index is -4.82. The highest BCUT2D eigenvalue weighted by Crippen LogP contribution is 2.45. The topological polar surface area (TPSA) is 59.1 Å². The third-order valence-corrected chi connectivity index (χ3v) is 8.57. The maximum absolute atomic E-state index is 13.7. The van der Waals surface area contributed by atoms with Crippen molar-refractivity contribution in [3.8, 4) is 5.75 Å². The van der Waals surface area contributed by atoms with Crippen LogP contribution >= 0.6 is 0 Å². The molecule has 0 radical (unpaired) electrons. The monoisotopic (exact) mass is 648 g/mol. The zero-order chi connectivity index (χ0) is 33.1. The van der Waals surface area contributed by atoms with E-state index in [1.54, 1.807) is 23.1 Å². The van der Waals surface area contributed by atoms with Gasteiger partial charge in [0.05, 0.1) is 17.5 Å². The lowest BCUT2D eigenvalue weighted by molar-refractivity contribution is -0.145. The van der Waals surface area contributed by atoms with Crippen LogP contribution in [0.2, 0.25) is 0 Å². The highest BCUT2D eigenvalue weighted by Gasteiger charge is 2.39. The number of hydrogen-bond donors (Lipinski definition) is 0. The number of alkyl halides is 6. The zero-order valence-corrected chi connectivity index (χ0v) is 25.1. The van der Waals surface area contributed by atoms with Gasteiger partial charge in [-0.2, -0.15) is 26.3 Å². The van der Waals surface area contributed by atoms with E-state index in [1.807, 2.05) is 36.4 Å². The van der Waals surface area contributed by atoms with Crippen molar-refractivity contribution in [2.75, 3.05) is 26.2 Å². The van der Waals surface area contributed by atoms with Gasteiger partial charge in [-0.25, -0.2) is 4.79 Å². The fourth-order valence-electron chi connectivity index (χ4n) is 5.84. The molecule has 6 nitrogen and oxygen atoms in total. The molecular formula is C34H34F6N2O4. The lowest BCUT2D eigenvalue weighted by Crippen LogP contribution is -2.50. The number of hydrogen-bond acceptors (Lipinski definition) is 5. The molecule has 3 aromatic carbocycles. The molecule has 1 saturated heterocycles. The Morgan fingerprint density at radius 3 is 2.17 bits per heavy atom. The van der Waals surface area contributed by atoms with Gasteiger partial charge in [-0.1, -0.05) is 42.5 Å². The third kappa shape index (κ3) is 8.39. The maximum Gasteiger partial charge on any atom is 0.416 e. The van der Waals surface area contributed by atoms with Crippen molar-refractivity contribution in [2.24, 2.45) is 5.92 Å². The number of halogens is 6. The van der Waals surface area contributed by atoms with E-state index in [0.717, 1.165) is 24.0 Å². The van der Waals surface area contributed by atoms with Gasteiger partial charge >= 0.3 is 24.4 Å². The number of piperazine rings is 1. The second-order valence-electron chi connectivity index (χ2n) is 11.7. The molecule has 0 bridgehead atoms. The zero-order valence-electron chi connectivity index (χ0n) is 25.1. The number of nitrogens with zero attached hydrogens (tertiary/aromatic N) is 2. The average molecular weight is 649 g/mol. The van der Waals surface area contributed by atoms with Crippen LogP contribution in [0.5, 0.6) is 5.75 Å². The summed E-state index contributed by atoms with van der Waals surface area (Å²) >= 11 is 0. The van der Waals surface area contributed by atoms with Crippen LogP contribution in [-0.2, 0) is 28.5 Å². The molecule has 1 aliphatic heterocycles. The third-order valence-electron chi connectivity index (χ3n) is 8.57. The summed E-state index contributed by atoms with van der Waals surface area (Å²) in [4.78, 5) is 28.7. The Balaban J connectivity index is 1.19. The summed E-state index contributed by atoms with van der Waals surface area (Å²) in [6.45, 7) is 2.11. The molecule has 2 aliphatic rings. The molecule has 3 aromatic rings. The molecule has 1 heterocycles. The molecule has 1 saturated carbocycles. The summed E-state index contributed by atoms with van der Waals surface area (Å²) in [5, 5.41) is 0. The van der Waals surface area contributed by atoms with E-state index < -0.39 is 41.2 Å². The Kier molecular flexibility index (Phi) is 9.95. The van der Waals surface area contributed by atoms with Crippen LogP contribution in [0.3, 0.4) is 0 Å². The summed E-state index contributed by atoms with van der Waals surface area (Å²) in [6, 6.07) is 16.9. The molecule has 1 amide bonds. The van der Waals surface area contributed by atoms with Crippen LogP contribution in [0, 0.1) is 5.92 Å². The second-order valence-corrected chi connectivity index (χ2v) is 11.7. The van der Waals surface area contributed by atoms with Gasteiger partial charge in [0.25, 0.3) is 0 Å². The largest absolute Gasteiger partial charge is 0.461 e.